The third-order valence-electron chi connectivity index (χ3n) is 5.01. The van der Waals surface area contributed by atoms with Crippen molar-refractivity contribution >= 4 is 27.3 Å². The van der Waals surface area contributed by atoms with E-state index in [0.29, 0.717) is 31.6 Å². The Morgan fingerprint density at radius 2 is 1.37 bits per heavy atom. The van der Waals surface area contributed by atoms with Crippen LogP contribution in [0.4, 0.5) is 5.69 Å². The second-order valence-corrected chi connectivity index (χ2v) is 8.91. The minimum Gasteiger partial charge on any atom is -0.367 e. The van der Waals surface area contributed by atoms with Crippen LogP contribution in [-0.4, -0.2) is 38.0 Å². The summed E-state index contributed by atoms with van der Waals surface area (Å²) in [5, 5.41) is 0. The Morgan fingerprint density at radius 3 is 1.93 bits per heavy atom. The first-order valence-corrected chi connectivity index (χ1v) is 11.6. The summed E-state index contributed by atoms with van der Waals surface area (Å²) < 4.78 is 29.4. The molecule has 0 aliphatic heterocycles. The van der Waals surface area contributed by atoms with Gasteiger partial charge in [-0.25, -0.2) is 8.42 Å². The molecule has 0 bridgehead atoms. The van der Waals surface area contributed by atoms with Crippen LogP contribution in [0.5, 0.6) is 0 Å². The summed E-state index contributed by atoms with van der Waals surface area (Å²) in [7, 11) is -4.30. The lowest BCUT2D eigenvalue weighted by atomic mass is 9.91. The summed E-state index contributed by atoms with van der Waals surface area (Å²) in [4.78, 5) is 28.0. The maximum atomic E-state index is 13.4. The van der Waals surface area contributed by atoms with Gasteiger partial charge >= 0.3 is 0 Å². The number of anilines is 1. The number of sulfonamides is 1. The number of fused-ring (bicyclic) bond motifs is 1. The predicted octanol–water partition coefficient (Wildman–Crippen LogP) is 4.15. The Morgan fingerprint density at radius 1 is 0.833 bits per heavy atom. The molecular weight excluding hydrogens is 400 g/mol. The van der Waals surface area contributed by atoms with Gasteiger partial charge in [-0.2, -0.15) is 0 Å². The van der Waals surface area contributed by atoms with E-state index in [1.807, 2.05) is 13.8 Å². The zero-order valence-electron chi connectivity index (χ0n) is 17.4. The van der Waals surface area contributed by atoms with Gasteiger partial charge in [0.2, 0.25) is 11.6 Å². The number of rotatable bonds is 8. The monoisotopic (exact) mass is 426 g/mol. The van der Waals surface area contributed by atoms with Gasteiger partial charge in [-0.05, 0) is 31.4 Å². The molecule has 0 heterocycles. The topological polar surface area (TPSA) is 83.6 Å². The van der Waals surface area contributed by atoms with Crippen molar-refractivity contribution in [2.24, 2.45) is 0 Å². The molecule has 0 spiro atoms. The molecule has 3 rings (SSSR count). The first-order chi connectivity index (χ1) is 14.3. The lowest BCUT2D eigenvalue weighted by Gasteiger charge is -2.31. The van der Waals surface area contributed by atoms with Gasteiger partial charge in [0.15, 0.2) is 4.91 Å². The Kier molecular flexibility index (Phi) is 6.41. The van der Waals surface area contributed by atoms with Gasteiger partial charge in [0.25, 0.3) is 10.0 Å². The summed E-state index contributed by atoms with van der Waals surface area (Å²) in [6.07, 6.45) is 1.43. The van der Waals surface area contributed by atoms with E-state index in [9.17, 15) is 18.0 Å². The van der Waals surface area contributed by atoms with E-state index in [-0.39, 0.29) is 16.8 Å². The second kappa shape index (κ2) is 8.83. The number of carbonyl (C=O) groups is 2. The predicted molar refractivity (Wildman–Crippen MR) is 118 cm³/mol. The first-order valence-electron chi connectivity index (χ1n) is 10.1. The van der Waals surface area contributed by atoms with Crippen LogP contribution in [0.2, 0.25) is 0 Å². The molecule has 0 fully saturated rings. The summed E-state index contributed by atoms with van der Waals surface area (Å²) in [6, 6.07) is 13.3. The fourth-order valence-corrected chi connectivity index (χ4v) is 5.09. The van der Waals surface area contributed by atoms with Gasteiger partial charge in [0.1, 0.15) is 5.70 Å². The minimum atomic E-state index is -4.30. The van der Waals surface area contributed by atoms with Crippen molar-refractivity contribution in [3.05, 3.63) is 75.8 Å². The average Bonchev–Trinajstić information content (AvgIpc) is 2.72. The number of ketones is 2. The normalized spacial score (nSPS) is 14.0. The molecule has 0 atom stereocenters. The van der Waals surface area contributed by atoms with Gasteiger partial charge in [0, 0.05) is 24.2 Å². The Bertz CT molecular complexity index is 1110. The number of hydrogen-bond donors (Lipinski definition) is 1. The molecule has 0 saturated carbocycles. The van der Waals surface area contributed by atoms with Crippen LogP contribution >= 0.6 is 0 Å². The van der Waals surface area contributed by atoms with E-state index >= 15 is 0 Å². The molecule has 0 radical (unpaired) electrons. The molecule has 1 N–H and O–H groups in total. The molecule has 0 amide bonds. The van der Waals surface area contributed by atoms with Crippen LogP contribution < -0.4 is 4.72 Å². The zero-order valence-corrected chi connectivity index (χ0v) is 18.3. The number of nitrogens with zero attached hydrogens (tertiary/aromatic N) is 1. The van der Waals surface area contributed by atoms with Crippen LogP contribution in [-0.2, 0) is 10.0 Å². The van der Waals surface area contributed by atoms with Crippen molar-refractivity contribution in [1.29, 1.82) is 0 Å². The highest BCUT2D eigenvalue weighted by Gasteiger charge is 2.41. The Hall–Kier alpha value is -2.93. The molecule has 1 aliphatic rings. The molecule has 2 aromatic rings. The molecule has 0 aromatic heterocycles. The number of para-hydroxylation sites is 1. The van der Waals surface area contributed by atoms with E-state index in [0.717, 1.165) is 5.56 Å². The highest BCUT2D eigenvalue weighted by atomic mass is 32.2. The maximum Gasteiger partial charge on any atom is 0.268 e. The van der Waals surface area contributed by atoms with Gasteiger partial charge in [-0.3, -0.25) is 14.3 Å². The molecular formula is C23H26N2O4S. The van der Waals surface area contributed by atoms with Crippen LogP contribution in [0.3, 0.4) is 0 Å². The fraction of sp³-hybridized carbons (Fsp3) is 0.304. The summed E-state index contributed by atoms with van der Waals surface area (Å²) >= 11 is 0. The molecule has 0 saturated heterocycles. The van der Waals surface area contributed by atoms with Crippen LogP contribution in [0, 0.1) is 6.92 Å². The molecule has 2 aromatic carbocycles. The molecule has 6 nitrogen and oxygen atoms in total. The van der Waals surface area contributed by atoms with Gasteiger partial charge in [0.05, 0.1) is 5.69 Å². The number of benzene rings is 2. The Balaban J connectivity index is 2.23. The van der Waals surface area contributed by atoms with E-state index in [2.05, 4.69) is 4.72 Å². The SMILES string of the molecule is CCCN(CCC)C1=C(S(=O)(=O)Nc2ccccc2C)C(=O)c2ccccc2C1=O. The lowest BCUT2D eigenvalue weighted by Crippen LogP contribution is -2.38. The van der Waals surface area contributed by atoms with Gasteiger partial charge in [-0.15, -0.1) is 0 Å². The van der Waals surface area contributed by atoms with E-state index in [4.69, 9.17) is 0 Å². The highest BCUT2D eigenvalue weighted by molar-refractivity contribution is 7.97. The first kappa shape index (κ1) is 21.8. The largest absolute Gasteiger partial charge is 0.367 e. The molecule has 7 heteroatoms. The number of allylic oxidation sites excluding steroid dienone is 2. The van der Waals surface area contributed by atoms with E-state index in [1.165, 1.54) is 6.07 Å². The lowest BCUT2D eigenvalue weighted by molar-refractivity contribution is 0.0946. The van der Waals surface area contributed by atoms with Crippen LogP contribution in [0.15, 0.2) is 59.1 Å². The van der Waals surface area contributed by atoms with Gasteiger partial charge < -0.3 is 4.90 Å². The summed E-state index contributed by atoms with van der Waals surface area (Å²) in [5.41, 5.74) is 1.41. The maximum absolute atomic E-state index is 13.4. The van der Waals surface area contributed by atoms with Crippen molar-refractivity contribution in [2.75, 3.05) is 17.8 Å². The number of carbonyl (C=O) groups excluding carboxylic acids is 2. The smallest absolute Gasteiger partial charge is 0.268 e. The number of nitrogens with one attached hydrogen (secondary N) is 1. The summed E-state index contributed by atoms with van der Waals surface area (Å²) in [6.45, 7) is 6.64. The van der Waals surface area contributed by atoms with E-state index in [1.54, 1.807) is 54.3 Å². The summed E-state index contributed by atoms with van der Waals surface area (Å²) in [5.74, 6) is -1.09. The van der Waals surface area contributed by atoms with E-state index < -0.39 is 26.5 Å². The molecule has 158 valence electrons. The standard InChI is InChI=1S/C23H26N2O4S/c1-4-14-25(15-5-2)20-21(26)17-11-7-8-12-18(17)22(27)23(20)30(28,29)24-19-13-9-6-10-16(19)3/h6-13,24H,4-5,14-15H2,1-3H3. The van der Waals surface area contributed by atoms with Crippen molar-refractivity contribution in [1.82, 2.24) is 4.90 Å². The van der Waals surface area contributed by atoms with Crippen molar-refractivity contribution in [3.8, 4) is 0 Å². The van der Waals surface area contributed by atoms with Gasteiger partial charge in [-0.1, -0.05) is 56.3 Å². The molecule has 1 aliphatic carbocycles. The van der Waals surface area contributed by atoms with Crippen molar-refractivity contribution < 1.29 is 18.0 Å². The quantitative estimate of drug-likeness (QED) is 0.686. The van der Waals surface area contributed by atoms with Crippen LogP contribution in [0.25, 0.3) is 0 Å². The second-order valence-electron chi connectivity index (χ2n) is 7.29. The number of hydrogen-bond acceptors (Lipinski definition) is 5. The van der Waals surface area contributed by atoms with Crippen molar-refractivity contribution in [2.45, 2.75) is 33.6 Å². The fourth-order valence-electron chi connectivity index (χ4n) is 3.63. The minimum absolute atomic E-state index is 0.0384. The Labute approximate surface area is 177 Å². The third kappa shape index (κ3) is 4.03. The van der Waals surface area contributed by atoms with Crippen molar-refractivity contribution in [3.63, 3.8) is 0 Å². The zero-order chi connectivity index (χ0) is 21.9. The number of aryl methyl sites for hydroxylation is 1. The highest BCUT2D eigenvalue weighted by Crippen LogP contribution is 2.33. The average molecular weight is 427 g/mol. The molecule has 0 unspecified atom stereocenters. The van der Waals surface area contributed by atoms with Crippen LogP contribution in [0.1, 0.15) is 53.0 Å². The molecule has 30 heavy (non-hydrogen) atoms. The third-order valence-corrected chi connectivity index (χ3v) is 6.42. The number of Topliss-reactive ketones (excluding diaryl/α,β-unsaturated/α-hetero) is 2.